The summed E-state index contributed by atoms with van der Waals surface area (Å²) in [6.07, 6.45) is 2.99. The molecule has 2 aromatic carbocycles. The third kappa shape index (κ3) is 5.39. The van der Waals surface area contributed by atoms with Crippen molar-refractivity contribution in [1.82, 2.24) is 9.27 Å². The van der Waals surface area contributed by atoms with Crippen LogP contribution in [0.3, 0.4) is 0 Å². The largest absolute Gasteiger partial charge is 0.465 e. The van der Waals surface area contributed by atoms with E-state index >= 15 is 0 Å². The highest BCUT2D eigenvalue weighted by Gasteiger charge is 2.41. The minimum atomic E-state index is -0.652. The Hall–Kier alpha value is -3.43. The lowest BCUT2D eigenvalue weighted by Gasteiger charge is -2.32. The van der Waals surface area contributed by atoms with E-state index in [9.17, 15) is 14.9 Å². The van der Waals surface area contributed by atoms with Gasteiger partial charge in [0.25, 0.3) is 5.69 Å². The number of esters is 1. The minimum Gasteiger partial charge on any atom is -0.465 e. The summed E-state index contributed by atoms with van der Waals surface area (Å²) < 4.78 is 10.2. The molecule has 3 heterocycles. The molecule has 0 saturated carbocycles. The number of rotatable bonds is 8. The molecule has 0 spiro atoms. The highest BCUT2D eigenvalue weighted by molar-refractivity contribution is 7.10. The van der Waals surface area contributed by atoms with Crippen molar-refractivity contribution in [1.29, 1.82) is 0 Å². The number of nitro groups is 1. The fourth-order valence-corrected chi connectivity index (χ4v) is 6.65. The molecule has 2 unspecified atom stereocenters. The average molecular weight is 533 g/mol. The maximum atomic E-state index is 13.1. The first-order valence-corrected chi connectivity index (χ1v) is 14.0. The van der Waals surface area contributed by atoms with E-state index in [-0.39, 0.29) is 18.3 Å². The van der Waals surface area contributed by atoms with Gasteiger partial charge in [0.15, 0.2) is 0 Å². The van der Waals surface area contributed by atoms with Crippen molar-refractivity contribution < 1.29 is 14.5 Å². The van der Waals surface area contributed by atoms with Gasteiger partial charge in [-0.2, -0.15) is 4.37 Å². The van der Waals surface area contributed by atoms with Gasteiger partial charge in [-0.15, -0.1) is 0 Å². The first-order chi connectivity index (χ1) is 18.5. The van der Waals surface area contributed by atoms with Crippen LogP contribution in [-0.2, 0) is 16.0 Å². The maximum absolute atomic E-state index is 13.1. The Morgan fingerprint density at radius 1 is 1.13 bits per heavy atom. The van der Waals surface area contributed by atoms with E-state index in [1.807, 2.05) is 13.0 Å². The fourth-order valence-electron chi connectivity index (χ4n) is 5.74. The Labute approximate surface area is 226 Å². The molecule has 2 atom stereocenters. The van der Waals surface area contributed by atoms with Crippen LogP contribution in [0.4, 0.5) is 10.7 Å². The van der Waals surface area contributed by atoms with Crippen LogP contribution in [-0.4, -0.2) is 52.1 Å². The minimum absolute atomic E-state index is 0.00199. The molecule has 1 fully saturated rings. The van der Waals surface area contributed by atoms with E-state index in [2.05, 4.69) is 35.2 Å². The smallest absolute Gasteiger partial charge is 0.315 e. The number of likely N-dealkylation sites (tertiary alicyclic amines) is 1. The lowest BCUT2D eigenvalue weighted by atomic mass is 9.76. The number of aliphatic imine (C=N–C) groups is 1. The molecule has 1 saturated heterocycles. The van der Waals surface area contributed by atoms with E-state index in [1.165, 1.54) is 23.2 Å². The number of hydrogen-bond donors (Lipinski definition) is 0. The number of benzene rings is 2. The number of non-ortho nitro benzene ring substituents is 1. The third-order valence-corrected chi connectivity index (χ3v) is 8.46. The number of hydrogen-bond acceptors (Lipinski definition) is 8. The Bertz CT molecular complexity index is 1330. The monoisotopic (exact) mass is 532 g/mol. The molecule has 2 aliphatic heterocycles. The summed E-state index contributed by atoms with van der Waals surface area (Å²) in [6, 6.07) is 17.3. The van der Waals surface area contributed by atoms with Crippen molar-refractivity contribution in [2.45, 2.75) is 44.9 Å². The second-order valence-electron chi connectivity index (χ2n) is 9.94. The molecule has 3 aromatic rings. The highest BCUT2D eigenvalue weighted by Crippen LogP contribution is 2.47. The van der Waals surface area contributed by atoms with Gasteiger partial charge in [0.1, 0.15) is 10.9 Å². The number of fused-ring (bicyclic) bond motifs is 1. The summed E-state index contributed by atoms with van der Waals surface area (Å²) in [6.45, 7) is 6.79. The quantitative estimate of drug-likeness (QED) is 0.204. The Balaban J connectivity index is 1.39. The van der Waals surface area contributed by atoms with Crippen molar-refractivity contribution >= 4 is 33.9 Å². The SMILES string of the molecule is CCOC(=O)C1C(C)=Nc2snc(CCN3CCC(c4ccccc4)CC3)c2C1c1cccc([N+](=O)[O-])c1. The average Bonchev–Trinajstić information content (AvgIpc) is 3.34. The number of nitro benzene ring substituents is 1. The Kier molecular flexibility index (Phi) is 7.95. The standard InChI is InChI=1S/C29H32N4O4S/c1-3-37-29(34)25-19(2)30-28-27(26(25)22-10-7-11-23(18-22)33(35)36)24(31-38-28)14-17-32-15-12-21(13-16-32)20-8-5-4-6-9-20/h4-11,18,21,25-26H,3,12-17H2,1-2H3. The molecular formula is C29H32N4O4S. The van der Waals surface area contributed by atoms with Gasteiger partial charge in [-0.1, -0.05) is 42.5 Å². The molecule has 5 rings (SSSR count). The van der Waals surface area contributed by atoms with Crippen LogP contribution in [0.2, 0.25) is 0 Å². The number of carbonyl (C=O) groups is 1. The van der Waals surface area contributed by atoms with Crippen LogP contribution < -0.4 is 0 Å². The van der Waals surface area contributed by atoms with Crippen LogP contribution in [0, 0.1) is 16.0 Å². The maximum Gasteiger partial charge on any atom is 0.315 e. The van der Waals surface area contributed by atoms with Gasteiger partial charge in [-0.05, 0) is 68.4 Å². The van der Waals surface area contributed by atoms with Gasteiger partial charge in [0.2, 0.25) is 0 Å². The van der Waals surface area contributed by atoms with E-state index in [0.717, 1.165) is 55.2 Å². The van der Waals surface area contributed by atoms with Crippen molar-refractivity contribution in [3.05, 3.63) is 87.1 Å². The lowest BCUT2D eigenvalue weighted by molar-refractivity contribution is -0.384. The summed E-state index contributed by atoms with van der Waals surface area (Å²) in [5.74, 6) is -0.850. The molecule has 0 aliphatic carbocycles. The zero-order valence-corrected chi connectivity index (χ0v) is 22.5. The van der Waals surface area contributed by atoms with E-state index in [1.54, 1.807) is 19.1 Å². The highest BCUT2D eigenvalue weighted by atomic mass is 32.1. The van der Waals surface area contributed by atoms with Gasteiger partial charge in [-0.25, -0.2) is 4.99 Å². The van der Waals surface area contributed by atoms with Crippen molar-refractivity contribution in [2.75, 3.05) is 26.2 Å². The first kappa shape index (κ1) is 26.2. The van der Waals surface area contributed by atoms with E-state index < -0.39 is 16.8 Å². The number of piperidine rings is 1. The Morgan fingerprint density at radius 2 is 1.87 bits per heavy atom. The van der Waals surface area contributed by atoms with Gasteiger partial charge in [0, 0.05) is 42.3 Å². The third-order valence-electron chi connectivity index (χ3n) is 7.66. The number of nitrogens with zero attached hydrogens (tertiary/aromatic N) is 4. The molecule has 0 amide bonds. The summed E-state index contributed by atoms with van der Waals surface area (Å²) in [4.78, 5) is 31.5. The molecule has 1 aromatic heterocycles. The second kappa shape index (κ2) is 11.5. The summed E-state index contributed by atoms with van der Waals surface area (Å²) in [5.41, 5.74) is 4.58. The van der Waals surface area contributed by atoms with E-state index in [4.69, 9.17) is 14.1 Å². The molecule has 8 nitrogen and oxygen atoms in total. The molecule has 198 valence electrons. The molecule has 9 heteroatoms. The number of ether oxygens (including phenoxy) is 1. The zero-order chi connectivity index (χ0) is 26.6. The molecule has 0 radical (unpaired) electrons. The predicted octanol–water partition coefficient (Wildman–Crippen LogP) is 5.89. The summed E-state index contributed by atoms with van der Waals surface area (Å²) >= 11 is 1.33. The van der Waals surface area contributed by atoms with Gasteiger partial charge in [-0.3, -0.25) is 14.9 Å². The number of aromatic nitrogens is 1. The second-order valence-corrected chi connectivity index (χ2v) is 10.7. The van der Waals surface area contributed by atoms with Gasteiger partial charge in [0.05, 0.1) is 17.2 Å². The number of carbonyl (C=O) groups excluding carboxylic acids is 1. The van der Waals surface area contributed by atoms with Crippen molar-refractivity contribution in [3.63, 3.8) is 0 Å². The van der Waals surface area contributed by atoms with Crippen molar-refractivity contribution in [3.8, 4) is 0 Å². The first-order valence-electron chi connectivity index (χ1n) is 13.2. The molecular weight excluding hydrogens is 500 g/mol. The zero-order valence-electron chi connectivity index (χ0n) is 21.7. The topological polar surface area (TPSA) is 97.9 Å². The molecule has 0 N–H and O–H groups in total. The normalized spacial score (nSPS) is 20.0. The van der Waals surface area contributed by atoms with Crippen LogP contribution in [0.1, 0.15) is 60.9 Å². The Morgan fingerprint density at radius 3 is 2.58 bits per heavy atom. The molecule has 38 heavy (non-hydrogen) atoms. The lowest BCUT2D eigenvalue weighted by Crippen LogP contribution is -2.35. The molecule has 2 aliphatic rings. The van der Waals surface area contributed by atoms with Gasteiger partial charge >= 0.3 is 5.97 Å². The fraction of sp³-hybridized carbons (Fsp3) is 0.414. The van der Waals surface area contributed by atoms with Crippen LogP contribution in [0.25, 0.3) is 0 Å². The van der Waals surface area contributed by atoms with E-state index in [0.29, 0.717) is 17.2 Å². The van der Waals surface area contributed by atoms with Crippen LogP contribution >= 0.6 is 11.5 Å². The summed E-state index contributed by atoms with van der Waals surface area (Å²) in [5, 5.41) is 12.3. The van der Waals surface area contributed by atoms with Crippen LogP contribution in [0.15, 0.2) is 59.6 Å². The molecule has 0 bridgehead atoms. The van der Waals surface area contributed by atoms with Gasteiger partial charge < -0.3 is 9.64 Å². The van der Waals surface area contributed by atoms with Crippen LogP contribution in [0.5, 0.6) is 0 Å². The summed E-state index contributed by atoms with van der Waals surface area (Å²) in [7, 11) is 0. The van der Waals surface area contributed by atoms with Crippen molar-refractivity contribution in [2.24, 2.45) is 10.9 Å². The predicted molar refractivity (Wildman–Crippen MR) is 149 cm³/mol.